The first kappa shape index (κ1) is 10.9. The Bertz CT molecular complexity index is 387. The van der Waals surface area contributed by atoms with Gasteiger partial charge in [-0.2, -0.15) is 0 Å². The molecule has 2 rings (SSSR count). The van der Waals surface area contributed by atoms with Crippen molar-refractivity contribution in [2.75, 3.05) is 31.2 Å². The van der Waals surface area contributed by atoms with Gasteiger partial charge in [0.15, 0.2) is 0 Å². The molecule has 0 bridgehead atoms. The molecule has 0 aromatic carbocycles. The third-order valence-electron chi connectivity index (χ3n) is 2.64. The summed E-state index contributed by atoms with van der Waals surface area (Å²) in [4.78, 5) is 6.67. The number of hydrogen-bond acceptors (Lipinski definition) is 5. The molecular weight excluding hydrogens is 206 g/mol. The minimum atomic E-state index is 0.751. The number of anilines is 1. The van der Waals surface area contributed by atoms with Crippen LogP contribution in [0.25, 0.3) is 0 Å². The molecule has 1 N–H and O–H groups in total. The first-order chi connectivity index (χ1) is 7.81. The number of morpholine rings is 1. The average molecular weight is 221 g/mol. The molecule has 0 radical (unpaired) electrons. The van der Waals surface area contributed by atoms with Crippen LogP contribution in [0.1, 0.15) is 11.3 Å². The van der Waals surface area contributed by atoms with E-state index in [9.17, 15) is 0 Å². The Morgan fingerprint density at radius 1 is 1.44 bits per heavy atom. The lowest BCUT2D eigenvalue weighted by atomic mass is 10.2. The number of ether oxygens (including phenoxy) is 1. The fourth-order valence-corrected chi connectivity index (χ4v) is 1.73. The Hall–Kier alpha value is -1.62. The maximum absolute atomic E-state index is 8.48. The SMILES string of the molecule is Cc1nc(N2CCOCC2)ccc1/C=N/O. The van der Waals surface area contributed by atoms with E-state index in [1.54, 1.807) is 0 Å². The number of rotatable bonds is 2. The molecule has 0 amide bonds. The van der Waals surface area contributed by atoms with E-state index in [-0.39, 0.29) is 0 Å². The molecule has 1 aromatic heterocycles. The highest BCUT2D eigenvalue weighted by molar-refractivity contribution is 5.80. The van der Waals surface area contributed by atoms with Gasteiger partial charge in [-0.15, -0.1) is 0 Å². The van der Waals surface area contributed by atoms with Crippen molar-refractivity contribution in [1.82, 2.24) is 4.98 Å². The van der Waals surface area contributed by atoms with Crippen LogP contribution in [-0.4, -0.2) is 42.7 Å². The van der Waals surface area contributed by atoms with Gasteiger partial charge in [-0.05, 0) is 19.1 Å². The minimum Gasteiger partial charge on any atom is -0.411 e. The van der Waals surface area contributed by atoms with E-state index in [0.29, 0.717) is 0 Å². The number of hydrogen-bond donors (Lipinski definition) is 1. The van der Waals surface area contributed by atoms with Crippen molar-refractivity contribution in [3.05, 3.63) is 23.4 Å². The van der Waals surface area contributed by atoms with Crippen molar-refractivity contribution >= 4 is 12.0 Å². The largest absolute Gasteiger partial charge is 0.411 e. The molecule has 1 aliphatic rings. The summed E-state index contributed by atoms with van der Waals surface area (Å²) >= 11 is 0. The van der Waals surface area contributed by atoms with Crippen LogP contribution in [0.4, 0.5) is 5.82 Å². The maximum atomic E-state index is 8.48. The van der Waals surface area contributed by atoms with Crippen LogP contribution < -0.4 is 4.90 Å². The predicted molar refractivity (Wildman–Crippen MR) is 61.4 cm³/mol. The molecule has 0 saturated carbocycles. The van der Waals surface area contributed by atoms with Gasteiger partial charge >= 0.3 is 0 Å². The summed E-state index contributed by atoms with van der Waals surface area (Å²) in [6, 6.07) is 3.85. The number of aryl methyl sites for hydroxylation is 1. The first-order valence-electron chi connectivity index (χ1n) is 5.29. The fourth-order valence-electron chi connectivity index (χ4n) is 1.73. The summed E-state index contributed by atoms with van der Waals surface area (Å²) in [5.74, 6) is 0.955. The van der Waals surface area contributed by atoms with Crippen molar-refractivity contribution in [2.24, 2.45) is 5.16 Å². The summed E-state index contributed by atoms with van der Waals surface area (Å²) in [6.07, 6.45) is 1.39. The predicted octanol–water partition coefficient (Wildman–Crippen LogP) is 1.03. The molecule has 16 heavy (non-hydrogen) atoms. The van der Waals surface area contributed by atoms with E-state index < -0.39 is 0 Å². The molecule has 86 valence electrons. The van der Waals surface area contributed by atoms with Crippen LogP contribution in [0.2, 0.25) is 0 Å². The van der Waals surface area contributed by atoms with Crippen molar-refractivity contribution in [2.45, 2.75) is 6.92 Å². The quantitative estimate of drug-likeness (QED) is 0.460. The van der Waals surface area contributed by atoms with Crippen LogP contribution in [0.5, 0.6) is 0 Å². The Morgan fingerprint density at radius 2 is 2.19 bits per heavy atom. The van der Waals surface area contributed by atoms with Crippen LogP contribution in [0.15, 0.2) is 17.3 Å². The number of pyridine rings is 1. The third-order valence-corrected chi connectivity index (χ3v) is 2.64. The average Bonchev–Trinajstić information content (AvgIpc) is 2.33. The van der Waals surface area contributed by atoms with Gasteiger partial charge < -0.3 is 14.8 Å². The number of nitrogens with zero attached hydrogens (tertiary/aromatic N) is 3. The van der Waals surface area contributed by atoms with Crippen molar-refractivity contribution in [1.29, 1.82) is 0 Å². The van der Waals surface area contributed by atoms with Gasteiger partial charge in [-0.1, -0.05) is 5.16 Å². The fraction of sp³-hybridized carbons (Fsp3) is 0.455. The van der Waals surface area contributed by atoms with Gasteiger partial charge in [0.05, 0.1) is 19.4 Å². The van der Waals surface area contributed by atoms with Crippen molar-refractivity contribution in [3.63, 3.8) is 0 Å². The highest BCUT2D eigenvalue weighted by Gasteiger charge is 2.12. The van der Waals surface area contributed by atoms with Gasteiger partial charge in [0.1, 0.15) is 5.82 Å². The summed E-state index contributed by atoms with van der Waals surface area (Å²) < 4.78 is 5.29. The van der Waals surface area contributed by atoms with E-state index in [4.69, 9.17) is 9.94 Å². The molecule has 5 nitrogen and oxygen atoms in total. The van der Waals surface area contributed by atoms with Crippen LogP contribution >= 0.6 is 0 Å². The van der Waals surface area contributed by atoms with Gasteiger partial charge in [0.25, 0.3) is 0 Å². The zero-order valence-electron chi connectivity index (χ0n) is 9.26. The van der Waals surface area contributed by atoms with Crippen LogP contribution in [0, 0.1) is 6.92 Å². The first-order valence-corrected chi connectivity index (χ1v) is 5.29. The number of aromatic nitrogens is 1. The summed E-state index contributed by atoms with van der Waals surface area (Å²) in [5.41, 5.74) is 1.70. The molecular formula is C11H15N3O2. The standard InChI is InChI=1S/C11H15N3O2/c1-9-10(8-12-15)2-3-11(13-9)14-4-6-16-7-5-14/h2-3,8,15H,4-7H2,1H3/b12-8+. The topological polar surface area (TPSA) is 58.0 Å². The zero-order chi connectivity index (χ0) is 11.4. The van der Waals surface area contributed by atoms with Gasteiger partial charge in [-0.25, -0.2) is 4.98 Å². The molecule has 2 heterocycles. The van der Waals surface area contributed by atoms with Gasteiger partial charge in [0, 0.05) is 24.3 Å². The minimum absolute atomic E-state index is 0.751. The van der Waals surface area contributed by atoms with E-state index in [1.807, 2.05) is 19.1 Å². The van der Waals surface area contributed by atoms with Crippen LogP contribution in [0.3, 0.4) is 0 Å². The third kappa shape index (κ3) is 2.30. The van der Waals surface area contributed by atoms with Crippen LogP contribution in [-0.2, 0) is 4.74 Å². The smallest absolute Gasteiger partial charge is 0.128 e. The van der Waals surface area contributed by atoms with Crippen molar-refractivity contribution < 1.29 is 9.94 Å². The normalized spacial score (nSPS) is 16.9. The highest BCUT2D eigenvalue weighted by atomic mass is 16.5. The highest BCUT2D eigenvalue weighted by Crippen LogP contribution is 2.15. The Balaban J connectivity index is 2.19. The monoisotopic (exact) mass is 221 g/mol. The second-order valence-corrected chi connectivity index (χ2v) is 3.69. The zero-order valence-corrected chi connectivity index (χ0v) is 9.26. The molecule has 1 fully saturated rings. The second kappa shape index (κ2) is 4.94. The molecule has 1 aliphatic heterocycles. The number of oxime groups is 1. The molecule has 1 saturated heterocycles. The van der Waals surface area contributed by atoms with E-state index in [0.717, 1.165) is 43.4 Å². The molecule has 0 spiro atoms. The summed E-state index contributed by atoms with van der Waals surface area (Å²) in [5, 5.41) is 11.5. The van der Waals surface area contributed by atoms with E-state index >= 15 is 0 Å². The summed E-state index contributed by atoms with van der Waals surface area (Å²) in [6.45, 7) is 5.15. The van der Waals surface area contributed by atoms with Gasteiger partial charge in [0.2, 0.25) is 0 Å². The lowest BCUT2D eigenvalue weighted by molar-refractivity contribution is 0.122. The Morgan fingerprint density at radius 3 is 2.81 bits per heavy atom. The Labute approximate surface area is 94.4 Å². The van der Waals surface area contributed by atoms with Gasteiger partial charge in [-0.3, -0.25) is 0 Å². The Kier molecular flexibility index (Phi) is 3.36. The lowest BCUT2D eigenvalue weighted by Gasteiger charge is -2.28. The van der Waals surface area contributed by atoms with E-state index in [2.05, 4.69) is 15.0 Å². The summed E-state index contributed by atoms with van der Waals surface area (Å²) in [7, 11) is 0. The maximum Gasteiger partial charge on any atom is 0.128 e. The molecule has 0 unspecified atom stereocenters. The second-order valence-electron chi connectivity index (χ2n) is 3.69. The van der Waals surface area contributed by atoms with E-state index in [1.165, 1.54) is 6.21 Å². The lowest BCUT2D eigenvalue weighted by Crippen LogP contribution is -2.36. The molecule has 5 heteroatoms. The molecule has 0 aliphatic carbocycles. The molecule has 1 aromatic rings. The molecule has 0 atom stereocenters. The van der Waals surface area contributed by atoms with Crippen molar-refractivity contribution in [3.8, 4) is 0 Å².